The summed E-state index contributed by atoms with van der Waals surface area (Å²) in [6.45, 7) is 7.17. The van der Waals surface area contributed by atoms with Crippen molar-refractivity contribution in [2.24, 2.45) is 5.92 Å². The van der Waals surface area contributed by atoms with E-state index < -0.39 is 5.97 Å². The smallest absolute Gasteiger partial charge is 0.341 e. The van der Waals surface area contributed by atoms with Crippen LogP contribution < -0.4 is 5.73 Å². The molecule has 6 heteroatoms. The summed E-state index contributed by atoms with van der Waals surface area (Å²) in [7, 11) is 0. The van der Waals surface area contributed by atoms with Gasteiger partial charge in [-0.05, 0) is 19.3 Å². The van der Waals surface area contributed by atoms with Crippen LogP contribution in [0.25, 0.3) is 11.0 Å². The zero-order valence-electron chi connectivity index (χ0n) is 12.1. The number of anilines is 1. The highest BCUT2D eigenvalue weighted by Crippen LogP contribution is 2.23. The number of hydrogen-bond donors (Lipinski definition) is 1. The highest BCUT2D eigenvalue weighted by atomic mass is 16.5. The molecule has 0 radical (unpaired) electrons. The van der Waals surface area contributed by atoms with Crippen molar-refractivity contribution in [2.75, 3.05) is 12.3 Å². The number of aromatic nitrogens is 3. The zero-order valence-corrected chi connectivity index (χ0v) is 12.1. The van der Waals surface area contributed by atoms with Crippen LogP contribution in [0.15, 0.2) is 12.4 Å². The molecule has 20 heavy (non-hydrogen) atoms. The lowest BCUT2D eigenvalue weighted by Gasteiger charge is -2.08. The largest absolute Gasteiger partial charge is 0.462 e. The maximum Gasteiger partial charge on any atom is 0.341 e. The average Bonchev–Trinajstić information content (AvgIpc) is 2.81. The summed E-state index contributed by atoms with van der Waals surface area (Å²) in [6.07, 6.45) is 4.13. The van der Waals surface area contributed by atoms with Gasteiger partial charge in [-0.15, -0.1) is 0 Å². The molecule has 0 aliphatic carbocycles. The minimum Gasteiger partial charge on any atom is -0.462 e. The quantitative estimate of drug-likeness (QED) is 0.847. The highest BCUT2D eigenvalue weighted by Gasteiger charge is 2.16. The number of pyridine rings is 1. The Bertz CT molecular complexity index is 619. The van der Waals surface area contributed by atoms with Gasteiger partial charge in [-0.1, -0.05) is 13.8 Å². The van der Waals surface area contributed by atoms with Crippen molar-refractivity contribution >= 4 is 22.7 Å². The molecule has 0 spiro atoms. The summed E-state index contributed by atoms with van der Waals surface area (Å²) < 4.78 is 6.78. The van der Waals surface area contributed by atoms with Gasteiger partial charge in [0.25, 0.3) is 0 Å². The van der Waals surface area contributed by atoms with E-state index >= 15 is 0 Å². The summed E-state index contributed by atoms with van der Waals surface area (Å²) in [5.41, 5.74) is 7.40. The fourth-order valence-corrected chi connectivity index (χ4v) is 1.96. The van der Waals surface area contributed by atoms with Crippen molar-refractivity contribution in [1.82, 2.24) is 14.8 Å². The average molecular weight is 276 g/mol. The molecule has 2 aromatic rings. The third kappa shape index (κ3) is 2.74. The molecule has 2 aromatic heterocycles. The van der Waals surface area contributed by atoms with Crippen LogP contribution in [0, 0.1) is 5.92 Å². The number of carbonyl (C=O) groups excluding carboxylic acids is 1. The molecule has 108 valence electrons. The Hall–Kier alpha value is -2.11. The number of esters is 1. The van der Waals surface area contributed by atoms with E-state index in [-0.39, 0.29) is 0 Å². The number of rotatable bonds is 5. The van der Waals surface area contributed by atoms with Crippen molar-refractivity contribution < 1.29 is 9.53 Å². The van der Waals surface area contributed by atoms with Crippen LogP contribution in [0.2, 0.25) is 0 Å². The zero-order chi connectivity index (χ0) is 14.7. The lowest BCUT2D eigenvalue weighted by atomic mass is 10.1. The Balaban J connectivity index is 2.35. The lowest BCUT2D eigenvalue weighted by Crippen LogP contribution is -2.10. The number of carbonyl (C=O) groups is 1. The topological polar surface area (TPSA) is 83.0 Å². The number of nitrogen functional groups attached to an aromatic ring is 1. The summed E-state index contributed by atoms with van der Waals surface area (Å²) in [4.78, 5) is 16.1. The summed E-state index contributed by atoms with van der Waals surface area (Å²) >= 11 is 0. The Morgan fingerprint density at radius 2 is 2.20 bits per heavy atom. The molecule has 0 aliphatic rings. The van der Waals surface area contributed by atoms with E-state index in [1.54, 1.807) is 13.1 Å². The standard InChI is InChI=1S/C14H20N4O2/c1-4-20-14(19)11-7-16-13-10(12(11)15)8-17-18(13)6-5-9(2)3/h7-9H,4-6H2,1-3H3,(H2,15,16). The van der Waals surface area contributed by atoms with E-state index in [0.717, 1.165) is 13.0 Å². The van der Waals surface area contributed by atoms with Crippen LogP contribution in [0.1, 0.15) is 37.6 Å². The fraction of sp³-hybridized carbons (Fsp3) is 0.500. The third-order valence-electron chi connectivity index (χ3n) is 3.12. The summed E-state index contributed by atoms with van der Waals surface area (Å²) in [5, 5.41) is 4.99. The Kier molecular flexibility index (Phi) is 4.22. The fourth-order valence-electron chi connectivity index (χ4n) is 1.96. The van der Waals surface area contributed by atoms with Gasteiger partial charge < -0.3 is 10.5 Å². The number of aryl methyl sites for hydroxylation is 1. The Morgan fingerprint density at radius 1 is 1.45 bits per heavy atom. The molecular formula is C14H20N4O2. The minimum absolute atomic E-state index is 0.294. The van der Waals surface area contributed by atoms with Gasteiger partial charge in [0.2, 0.25) is 0 Å². The second kappa shape index (κ2) is 5.90. The number of hydrogen-bond acceptors (Lipinski definition) is 5. The number of nitrogens with two attached hydrogens (primary N) is 1. The second-order valence-electron chi connectivity index (χ2n) is 5.09. The number of nitrogens with zero attached hydrogens (tertiary/aromatic N) is 3. The van der Waals surface area contributed by atoms with Crippen LogP contribution in [0.4, 0.5) is 5.69 Å². The van der Waals surface area contributed by atoms with Gasteiger partial charge in [-0.2, -0.15) is 5.10 Å². The van der Waals surface area contributed by atoms with Crippen LogP contribution in [0.5, 0.6) is 0 Å². The summed E-state index contributed by atoms with van der Waals surface area (Å²) in [6, 6.07) is 0. The van der Waals surface area contributed by atoms with Crippen LogP contribution in [-0.2, 0) is 11.3 Å². The molecule has 0 atom stereocenters. The summed E-state index contributed by atoms with van der Waals surface area (Å²) in [5.74, 6) is 0.139. The molecular weight excluding hydrogens is 256 g/mol. The minimum atomic E-state index is -0.450. The van der Waals surface area contributed by atoms with E-state index in [9.17, 15) is 4.79 Å². The third-order valence-corrected chi connectivity index (χ3v) is 3.12. The van der Waals surface area contributed by atoms with Gasteiger partial charge in [0.05, 0.1) is 23.9 Å². The maximum absolute atomic E-state index is 11.8. The molecule has 0 fully saturated rings. The lowest BCUT2D eigenvalue weighted by molar-refractivity contribution is 0.0527. The Morgan fingerprint density at radius 3 is 2.85 bits per heavy atom. The molecule has 0 saturated carbocycles. The van der Waals surface area contributed by atoms with Gasteiger partial charge in [0.15, 0.2) is 5.65 Å². The van der Waals surface area contributed by atoms with Crippen molar-refractivity contribution in [3.63, 3.8) is 0 Å². The predicted molar refractivity (Wildman–Crippen MR) is 77.4 cm³/mol. The van der Waals surface area contributed by atoms with E-state index in [2.05, 4.69) is 23.9 Å². The molecule has 0 unspecified atom stereocenters. The molecule has 6 nitrogen and oxygen atoms in total. The van der Waals surface area contributed by atoms with Gasteiger partial charge in [-0.3, -0.25) is 0 Å². The van der Waals surface area contributed by atoms with Gasteiger partial charge >= 0.3 is 5.97 Å². The highest BCUT2D eigenvalue weighted by molar-refractivity contribution is 6.03. The molecule has 0 amide bonds. The van der Waals surface area contributed by atoms with Crippen LogP contribution in [0.3, 0.4) is 0 Å². The van der Waals surface area contributed by atoms with Gasteiger partial charge in [-0.25, -0.2) is 14.5 Å². The van der Waals surface area contributed by atoms with E-state index in [0.29, 0.717) is 34.8 Å². The van der Waals surface area contributed by atoms with E-state index in [1.165, 1.54) is 6.20 Å². The normalized spacial score (nSPS) is 11.2. The van der Waals surface area contributed by atoms with Gasteiger partial charge in [0.1, 0.15) is 5.56 Å². The predicted octanol–water partition coefficient (Wildman–Crippen LogP) is 2.24. The van der Waals surface area contributed by atoms with Crippen molar-refractivity contribution in [1.29, 1.82) is 0 Å². The van der Waals surface area contributed by atoms with E-state index in [1.807, 2.05) is 4.68 Å². The second-order valence-corrected chi connectivity index (χ2v) is 5.09. The SMILES string of the molecule is CCOC(=O)c1cnc2c(cnn2CCC(C)C)c1N. The molecule has 0 aliphatic heterocycles. The maximum atomic E-state index is 11.8. The first-order valence-electron chi connectivity index (χ1n) is 6.81. The first-order chi connectivity index (χ1) is 9.54. The molecule has 2 heterocycles. The molecule has 2 N–H and O–H groups in total. The molecule has 0 aromatic carbocycles. The molecule has 2 rings (SSSR count). The number of fused-ring (bicyclic) bond motifs is 1. The molecule has 0 bridgehead atoms. The number of ether oxygens (including phenoxy) is 1. The van der Waals surface area contributed by atoms with Crippen LogP contribution in [-0.4, -0.2) is 27.3 Å². The van der Waals surface area contributed by atoms with Crippen molar-refractivity contribution in [2.45, 2.75) is 33.7 Å². The first kappa shape index (κ1) is 14.3. The van der Waals surface area contributed by atoms with E-state index in [4.69, 9.17) is 10.5 Å². The molecule has 0 saturated heterocycles. The monoisotopic (exact) mass is 276 g/mol. The van der Waals surface area contributed by atoms with Crippen molar-refractivity contribution in [3.05, 3.63) is 18.0 Å². The van der Waals surface area contributed by atoms with Crippen molar-refractivity contribution in [3.8, 4) is 0 Å². The van der Waals surface area contributed by atoms with Crippen LogP contribution >= 0.6 is 0 Å². The first-order valence-corrected chi connectivity index (χ1v) is 6.81. The van der Waals surface area contributed by atoms with Gasteiger partial charge in [0, 0.05) is 12.7 Å². The Labute approximate surface area is 117 Å².